The molecule has 1 heterocycles. The molecule has 0 amide bonds. The highest BCUT2D eigenvalue weighted by Gasteiger charge is 2.15. The SMILES string of the molecule is CC(C)Cc1c(C#N)oc2ccc(-c3ccccc3)cc12. The highest BCUT2D eigenvalue weighted by Crippen LogP contribution is 2.31. The summed E-state index contributed by atoms with van der Waals surface area (Å²) in [6.45, 7) is 4.31. The molecule has 0 atom stereocenters. The predicted molar refractivity (Wildman–Crippen MR) is 84.9 cm³/mol. The van der Waals surface area contributed by atoms with Crippen LogP contribution >= 0.6 is 0 Å². The molecule has 0 saturated heterocycles. The second-order valence-corrected chi connectivity index (χ2v) is 5.70. The molecule has 0 bridgehead atoms. The number of hydrogen-bond donors (Lipinski definition) is 0. The molecule has 0 aliphatic heterocycles. The van der Waals surface area contributed by atoms with Crippen LogP contribution in [0.4, 0.5) is 0 Å². The number of benzene rings is 2. The van der Waals surface area contributed by atoms with E-state index in [1.807, 2.05) is 30.3 Å². The quantitative estimate of drug-likeness (QED) is 0.661. The van der Waals surface area contributed by atoms with E-state index in [1.54, 1.807) is 0 Å². The molecule has 3 rings (SSSR count). The van der Waals surface area contributed by atoms with Crippen molar-refractivity contribution in [2.75, 3.05) is 0 Å². The Morgan fingerprint density at radius 2 is 1.81 bits per heavy atom. The summed E-state index contributed by atoms with van der Waals surface area (Å²) >= 11 is 0. The zero-order valence-electron chi connectivity index (χ0n) is 12.3. The zero-order chi connectivity index (χ0) is 14.8. The van der Waals surface area contributed by atoms with Crippen molar-refractivity contribution >= 4 is 11.0 Å². The fourth-order valence-corrected chi connectivity index (χ4v) is 2.66. The zero-order valence-corrected chi connectivity index (χ0v) is 12.3. The van der Waals surface area contributed by atoms with Crippen LogP contribution in [0, 0.1) is 17.2 Å². The molecule has 1 aromatic heterocycles. The minimum absolute atomic E-state index is 0.448. The normalized spacial score (nSPS) is 11.0. The van der Waals surface area contributed by atoms with Crippen molar-refractivity contribution in [3.05, 3.63) is 59.9 Å². The molecule has 0 radical (unpaired) electrons. The van der Waals surface area contributed by atoms with Gasteiger partial charge in [-0.3, -0.25) is 0 Å². The van der Waals surface area contributed by atoms with E-state index in [4.69, 9.17) is 4.42 Å². The van der Waals surface area contributed by atoms with Gasteiger partial charge in [-0.25, -0.2) is 0 Å². The fraction of sp³-hybridized carbons (Fsp3) is 0.211. The van der Waals surface area contributed by atoms with Crippen LogP contribution in [-0.4, -0.2) is 0 Å². The fourth-order valence-electron chi connectivity index (χ4n) is 2.66. The maximum atomic E-state index is 9.27. The molecule has 0 fully saturated rings. The maximum Gasteiger partial charge on any atom is 0.207 e. The summed E-state index contributed by atoms with van der Waals surface area (Å²) in [7, 11) is 0. The number of nitriles is 1. The Labute approximate surface area is 124 Å². The van der Waals surface area contributed by atoms with Gasteiger partial charge in [-0.05, 0) is 35.6 Å². The second kappa shape index (κ2) is 5.46. The van der Waals surface area contributed by atoms with Crippen LogP contribution in [0.1, 0.15) is 25.2 Å². The summed E-state index contributed by atoms with van der Waals surface area (Å²) in [5.74, 6) is 0.933. The number of rotatable bonds is 3. The Morgan fingerprint density at radius 3 is 2.48 bits per heavy atom. The van der Waals surface area contributed by atoms with E-state index in [0.717, 1.165) is 28.5 Å². The lowest BCUT2D eigenvalue weighted by Crippen LogP contribution is -1.95. The largest absolute Gasteiger partial charge is 0.445 e. The average molecular weight is 275 g/mol. The Balaban J connectivity index is 2.18. The van der Waals surface area contributed by atoms with Gasteiger partial charge in [0.25, 0.3) is 0 Å². The van der Waals surface area contributed by atoms with E-state index in [-0.39, 0.29) is 0 Å². The molecule has 104 valence electrons. The van der Waals surface area contributed by atoms with Gasteiger partial charge in [0.2, 0.25) is 5.76 Å². The molecule has 0 saturated carbocycles. The van der Waals surface area contributed by atoms with Crippen molar-refractivity contribution in [1.29, 1.82) is 5.26 Å². The molecule has 0 spiro atoms. The van der Waals surface area contributed by atoms with E-state index in [0.29, 0.717) is 11.7 Å². The first-order valence-corrected chi connectivity index (χ1v) is 7.20. The summed E-state index contributed by atoms with van der Waals surface area (Å²) in [6, 6.07) is 18.6. The summed E-state index contributed by atoms with van der Waals surface area (Å²) in [6.07, 6.45) is 0.855. The molecule has 2 heteroatoms. The van der Waals surface area contributed by atoms with Crippen LogP contribution in [0.2, 0.25) is 0 Å². The molecule has 2 nitrogen and oxygen atoms in total. The van der Waals surface area contributed by atoms with Crippen LogP contribution in [0.5, 0.6) is 0 Å². The molecule has 0 N–H and O–H groups in total. The number of fused-ring (bicyclic) bond motifs is 1. The lowest BCUT2D eigenvalue weighted by Gasteiger charge is -2.04. The van der Waals surface area contributed by atoms with E-state index in [9.17, 15) is 5.26 Å². The van der Waals surface area contributed by atoms with Crippen LogP contribution in [-0.2, 0) is 6.42 Å². The van der Waals surface area contributed by atoms with Gasteiger partial charge in [-0.2, -0.15) is 5.26 Å². The highest BCUT2D eigenvalue weighted by molar-refractivity contribution is 5.88. The lowest BCUT2D eigenvalue weighted by atomic mass is 9.97. The molecule has 0 unspecified atom stereocenters. The Kier molecular flexibility index (Phi) is 3.50. The molecule has 21 heavy (non-hydrogen) atoms. The minimum atomic E-state index is 0.448. The lowest BCUT2D eigenvalue weighted by molar-refractivity contribution is 0.579. The Hall–Kier alpha value is -2.53. The third-order valence-electron chi connectivity index (χ3n) is 3.61. The highest BCUT2D eigenvalue weighted by atomic mass is 16.3. The summed E-state index contributed by atoms with van der Waals surface area (Å²) in [5.41, 5.74) is 4.15. The van der Waals surface area contributed by atoms with E-state index in [1.165, 1.54) is 5.56 Å². The van der Waals surface area contributed by atoms with Crippen LogP contribution in [0.3, 0.4) is 0 Å². The molecular formula is C19H17NO. The molecular weight excluding hydrogens is 258 g/mol. The summed E-state index contributed by atoms with van der Waals surface area (Å²) in [5, 5.41) is 10.3. The minimum Gasteiger partial charge on any atom is -0.445 e. The smallest absolute Gasteiger partial charge is 0.207 e. The molecule has 0 aliphatic rings. The van der Waals surface area contributed by atoms with E-state index in [2.05, 4.69) is 38.1 Å². The average Bonchev–Trinajstić information content (AvgIpc) is 2.85. The van der Waals surface area contributed by atoms with Gasteiger partial charge in [-0.15, -0.1) is 0 Å². The standard InChI is InChI=1S/C19H17NO/c1-13(2)10-16-17-11-15(14-6-4-3-5-7-14)8-9-18(17)21-19(16)12-20/h3-9,11,13H,10H2,1-2H3. The van der Waals surface area contributed by atoms with Gasteiger partial charge in [-0.1, -0.05) is 50.2 Å². The van der Waals surface area contributed by atoms with Gasteiger partial charge in [0, 0.05) is 10.9 Å². The first kappa shape index (κ1) is 13.5. The number of nitrogens with zero attached hydrogens (tertiary/aromatic N) is 1. The predicted octanol–water partition coefficient (Wildman–Crippen LogP) is 5.17. The molecule has 0 aliphatic carbocycles. The van der Waals surface area contributed by atoms with E-state index >= 15 is 0 Å². The molecule has 3 aromatic rings. The number of hydrogen-bond acceptors (Lipinski definition) is 2. The first-order valence-electron chi connectivity index (χ1n) is 7.20. The van der Waals surface area contributed by atoms with Gasteiger partial charge in [0.1, 0.15) is 11.7 Å². The number of furan rings is 1. The van der Waals surface area contributed by atoms with Gasteiger partial charge < -0.3 is 4.42 Å². The third kappa shape index (κ3) is 2.55. The van der Waals surface area contributed by atoms with Crippen molar-refractivity contribution in [1.82, 2.24) is 0 Å². The summed E-state index contributed by atoms with van der Waals surface area (Å²) in [4.78, 5) is 0. The first-order chi connectivity index (χ1) is 10.2. The third-order valence-corrected chi connectivity index (χ3v) is 3.61. The maximum absolute atomic E-state index is 9.27. The van der Waals surface area contributed by atoms with Gasteiger partial charge in [0.15, 0.2) is 0 Å². The van der Waals surface area contributed by atoms with E-state index < -0.39 is 0 Å². The van der Waals surface area contributed by atoms with Crippen LogP contribution in [0.15, 0.2) is 52.9 Å². The Bertz CT molecular complexity index is 807. The van der Waals surface area contributed by atoms with Crippen molar-refractivity contribution in [2.45, 2.75) is 20.3 Å². The van der Waals surface area contributed by atoms with Gasteiger partial charge in [0.05, 0.1) is 0 Å². The van der Waals surface area contributed by atoms with Crippen molar-refractivity contribution in [3.8, 4) is 17.2 Å². The van der Waals surface area contributed by atoms with Crippen molar-refractivity contribution < 1.29 is 4.42 Å². The summed E-state index contributed by atoms with van der Waals surface area (Å²) < 4.78 is 5.68. The van der Waals surface area contributed by atoms with Crippen LogP contribution in [0.25, 0.3) is 22.1 Å². The monoisotopic (exact) mass is 275 g/mol. The van der Waals surface area contributed by atoms with Crippen molar-refractivity contribution in [2.24, 2.45) is 5.92 Å². The Morgan fingerprint density at radius 1 is 1.05 bits per heavy atom. The van der Waals surface area contributed by atoms with Crippen LogP contribution < -0.4 is 0 Å². The van der Waals surface area contributed by atoms with Gasteiger partial charge >= 0.3 is 0 Å². The topological polar surface area (TPSA) is 36.9 Å². The second-order valence-electron chi connectivity index (χ2n) is 5.70. The van der Waals surface area contributed by atoms with Crippen molar-refractivity contribution in [3.63, 3.8) is 0 Å². The molecule has 2 aromatic carbocycles.